The third kappa shape index (κ3) is 3.55. The third-order valence-corrected chi connectivity index (χ3v) is 5.12. The van der Waals surface area contributed by atoms with E-state index in [0.29, 0.717) is 6.54 Å². The largest absolute Gasteiger partial charge is 0.380 e. The monoisotopic (exact) mass is 427 g/mol. The number of nitrogens with one attached hydrogen (secondary N) is 1. The Labute approximate surface area is 165 Å². The Morgan fingerprint density at radius 2 is 1.89 bits per heavy atom. The number of hydrogen-bond acceptors (Lipinski definition) is 3. The summed E-state index contributed by atoms with van der Waals surface area (Å²) in [6.07, 6.45) is 2.13. The molecule has 0 spiro atoms. The zero-order valence-corrected chi connectivity index (χ0v) is 16.6. The van der Waals surface area contributed by atoms with Crippen LogP contribution in [0.5, 0.6) is 0 Å². The minimum absolute atomic E-state index is 0.0685. The van der Waals surface area contributed by atoms with Crippen molar-refractivity contribution in [1.82, 2.24) is 9.38 Å². The third-order valence-electron chi connectivity index (χ3n) is 4.63. The van der Waals surface area contributed by atoms with Crippen LogP contribution in [0.2, 0.25) is 0 Å². The highest BCUT2D eigenvalue weighted by Gasteiger charge is 2.13. The van der Waals surface area contributed by atoms with Crippen LogP contribution >= 0.6 is 15.9 Å². The van der Waals surface area contributed by atoms with Gasteiger partial charge in [0.05, 0.1) is 22.7 Å². The van der Waals surface area contributed by atoms with Crippen LogP contribution in [0.25, 0.3) is 27.7 Å². The van der Waals surface area contributed by atoms with Gasteiger partial charge in [-0.3, -0.25) is 0 Å². The molecule has 0 bridgehead atoms. The van der Waals surface area contributed by atoms with Crippen molar-refractivity contribution in [2.75, 3.05) is 19.0 Å². The van der Waals surface area contributed by atoms with Crippen molar-refractivity contribution >= 4 is 38.3 Å². The molecule has 4 aromatic rings. The maximum Gasteiger partial charge on any atom is 0.151 e. The van der Waals surface area contributed by atoms with E-state index >= 15 is 0 Å². The van der Waals surface area contributed by atoms with Gasteiger partial charge in [0.1, 0.15) is 5.82 Å². The number of fused-ring (bicyclic) bond motifs is 3. The Morgan fingerprint density at radius 1 is 1.11 bits per heavy atom. The highest BCUT2D eigenvalue weighted by molar-refractivity contribution is 9.10. The Bertz CT molecular complexity index is 1110. The standard InChI is InChI=1S/C21H19BrFN3O/c1-13(27-2)11-24-21-20-9-15(14-3-6-17(23)7-4-14)12-26(20)19-10-16(22)5-8-18(19)25-21/h3-10,12-13H,11H2,1-2H3,(H,24,25). The number of anilines is 1. The fourth-order valence-electron chi connectivity index (χ4n) is 3.06. The molecule has 27 heavy (non-hydrogen) atoms. The van der Waals surface area contributed by atoms with Crippen molar-refractivity contribution in [3.05, 3.63) is 65.0 Å². The normalized spacial score (nSPS) is 12.6. The Balaban J connectivity index is 1.90. The second-order valence-corrected chi connectivity index (χ2v) is 7.43. The van der Waals surface area contributed by atoms with Gasteiger partial charge in [-0.15, -0.1) is 0 Å². The van der Waals surface area contributed by atoms with Crippen molar-refractivity contribution in [2.24, 2.45) is 0 Å². The maximum absolute atomic E-state index is 13.3. The number of halogens is 2. The van der Waals surface area contributed by atoms with Crippen LogP contribution in [0.15, 0.2) is 59.2 Å². The molecule has 0 saturated carbocycles. The van der Waals surface area contributed by atoms with Crippen molar-refractivity contribution in [3.63, 3.8) is 0 Å². The van der Waals surface area contributed by atoms with Crippen molar-refractivity contribution in [1.29, 1.82) is 0 Å². The maximum atomic E-state index is 13.3. The highest BCUT2D eigenvalue weighted by atomic mass is 79.9. The summed E-state index contributed by atoms with van der Waals surface area (Å²) in [7, 11) is 1.69. The van der Waals surface area contributed by atoms with E-state index in [4.69, 9.17) is 9.72 Å². The molecule has 0 fully saturated rings. The van der Waals surface area contributed by atoms with E-state index in [1.165, 1.54) is 12.1 Å². The van der Waals surface area contributed by atoms with E-state index in [0.717, 1.165) is 38.0 Å². The lowest BCUT2D eigenvalue weighted by molar-refractivity contribution is 0.128. The fraction of sp³-hybridized carbons (Fsp3) is 0.190. The van der Waals surface area contributed by atoms with E-state index in [1.54, 1.807) is 19.2 Å². The van der Waals surface area contributed by atoms with E-state index in [1.807, 2.05) is 25.1 Å². The zero-order valence-electron chi connectivity index (χ0n) is 15.0. The summed E-state index contributed by atoms with van der Waals surface area (Å²) in [5, 5.41) is 3.39. The van der Waals surface area contributed by atoms with Gasteiger partial charge in [0.15, 0.2) is 5.82 Å². The Hall–Kier alpha value is -2.44. The van der Waals surface area contributed by atoms with Crippen molar-refractivity contribution in [3.8, 4) is 11.1 Å². The van der Waals surface area contributed by atoms with Gasteiger partial charge in [0, 0.05) is 29.9 Å². The number of rotatable bonds is 5. The number of aromatic nitrogens is 2. The SMILES string of the molecule is COC(C)CNc1nc2ccc(Br)cc2n2cc(-c3ccc(F)cc3)cc12. The predicted molar refractivity (Wildman–Crippen MR) is 111 cm³/mol. The van der Waals surface area contributed by atoms with Gasteiger partial charge < -0.3 is 14.5 Å². The first-order chi connectivity index (χ1) is 13.0. The number of methoxy groups -OCH3 is 1. The summed E-state index contributed by atoms with van der Waals surface area (Å²) in [5.74, 6) is 0.552. The van der Waals surface area contributed by atoms with Crippen LogP contribution < -0.4 is 5.32 Å². The average Bonchev–Trinajstić information content (AvgIpc) is 3.12. The number of ether oxygens (including phenoxy) is 1. The van der Waals surface area contributed by atoms with Gasteiger partial charge in [0.25, 0.3) is 0 Å². The van der Waals surface area contributed by atoms with Gasteiger partial charge in [-0.2, -0.15) is 0 Å². The van der Waals surface area contributed by atoms with Crippen LogP contribution in [0.4, 0.5) is 10.2 Å². The Kier molecular flexibility index (Phi) is 4.85. The topological polar surface area (TPSA) is 38.6 Å². The minimum Gasteiger partial charge on any atom is -0.380 e. The molecule has 0 saturated heterocycles. The number of hydrogen-bond donors (Lipinski definition) is 1. The first-order valence-corrected chi connectivity index (χ1v) is 9.48. The van der Waals surface area contributed by atoms with Gasteiger partial charge in [-0.25, -0.2) is 9.37 Å². The summed E-state index contributed by atoms with van der Waals surface area (Å²) in [5.41, 5.74) is 4.81. The molecule has 1 atom stereocenters. The van der Waals surface area contributed by atoms with E-state index in [9.17, 15) is 4.39 Å². The van der Waals surface area contributed by atoms with E-state index < -0.39 is 0 Å². The quantitative estimate of drug-likeness (QED) is 0.456. The number of nitrogens with zero attached hydrogens (tertiary/aromatic N) is 2. The molecule has 2 aromatic carbocycles. The van der Waals surface area contributed by atoms with E-state index in [-0.39, 0.29) is 11.9 Å². The first kappa shape index (κ1) is 17.9. The van der Waals surface area contributed by atoms with Crippen LogP contribution in [0.1, 0.15) is 6.92 Å². The van der Waals surface area contributed by atoms with Crippen LogP contribution in [-0.4, -0.2) is 29.1 Å². The van der Waals surface area contributed by atoms with Gasteiger partial charge in [0.2, 0.25) is 0 Å². The molecule has 2 heterocycles. The summed E-state index contributed by atoms with van der Waals surface area (Å²) in [6.45, 7) is 2.66. The molecule has 0 amide bonds. The second kappa shape index (κ2) is 7.29. The lowest BCUT2D eigenvalue weighted by atomic mass is 10.1. The average molecular weight is 428 g/mol. The van der Waals surface area contributed by atoms with E-state index in [2.05, 4.69) is 37.9 Å². The van der Waals surface area contributed by atoms with Crippen LogP contribution in [0.3, 0.4) is 0 Å². The summed E-state index contributed by atoms with van der Waals surface area (Å²) < 4.78 is 21.7. The second-order valence-electron chi connectivity index (χ2n) is 6.51. The summed E-state index contributed by atoms with van der Waals surface area (Å²) in [6, 6.07) is 14.6. The Morgan fingerprint density at radius 3 is 2.63 bits per heavy atom. The minimum atomic E-state index is -0.241. The summed E-state index contributed by atoms with van der Waals surface area (Å²) in [4.78, 5) is 4.80. The smallest absolute Gasteiger partial charge is 0.151 e. The molecule has 1 N–H and O–H groups in total. The van der Waals surface area contributed by atoms with Crippen LogP contribution in [0, 0.1) is 5.82 Å². The van der Waals surface area contributed by atoms with Crippen molar-refractivity contribution in [2.45, 2.75) is 13.0 Å². The summed E-state index contributed by atoms with van der Waals surface area (Å²) >= 11 is 3.54. The molecule has 138 valence electrons. The lowest BCUT2D eigenvalue weighted by Gasteiger charge is -2.14. The molecule has 6 heteroatoms. The van der Waals surface area contributed by atoms with Gasteiger partial charge >= 0.3 is 0 Å². The van der Waals surface area contributed by atoms with Gasteiger partial charge in [-0.05, 0) is 48.9 Å². The molecule has 1 unspecified atom stereocenters. The fourth-order valence-corrected chi connectivity index (χ4v) is 3.41. The molecule has 0 aliphatic heterocycles. The predicted octanol–water partition coefficient (Wildman–Crippen LogP) is 5.50. The van der Waals surface area contributed by atoms with Crippen molar-refractivity contribution < 1.29 is 9.13 Å². The molecular weight excluding hydrogens is 409 g/mol. The number of benzene rings is 2. The molecule has 4 nitrogen and oxygen atoms in total. The molecule has 0 aliphatic rings. The van der Waals surface area contributed by atoms with Crippen LogP contribution in [-0.2, 0) is 4.74 Å². The molecule has 0 radical (unpaired) electrons. The first-order valence-electron chi connectivity index (χ1n) is 8.69. The lowest BCUT2D eigenvalue weighted by Crippen LogP contribution is -2.19. The molecule has 0 aliphatic carbocycles. The molecule has 2 aromatic heterocycles. The highest BCUT2D eigenvalue weighted by Crippen LogP contribution is 2.30. The van der Waals surface area contributed by atoms with Gasteiger partial charge in [-0.1, -0.05) is 28.1 Å². The zero-order chi connectivity index (χ0) is 19.0. The molecular formula is C21H19BrFN3O. The molecule has 4 rings (SSSR count).